The number of H-pyrrole nitrogens is 2. The quantitative estimate of drug-likeness (QED) is 0.642. The van der Waals surface area contributed by atoms with E-state index in [1.54, 1.807) is 6.33 Å². The summed E-state index contributed by atoms with van der Waals surface area (Å²) >= 11 is 0. The number of rotatable bonds is 3. The van der Waals surface area contributed by atoms with Crippen molar-refractivity contribution in [3.63, 3.8) is 0 Å². The molecule has 86 valence electrons. The number of nitrogens with zero attached hydrogens (tertiary/aromatic N) is 2. The molecule has 5 heteroatoms. The molecular formula is C12H13N5. The Hall–Kier alpha value is -2.30. The highest BCUT2D eigenvalue weighted by atomic mass is 15.1. The predicted molar refractivity (Wildman–Crippen MR) is 66.7 cm³/mol. The standard InChI is InChI=1S/C12H13N5/c1-8-12(15-7-14-8)6-13-10-3-2-9-5-16-17-11(9)4-10/h2-5,7,13H,6H2,1H3,(H,14,15)(H,16,17). The second kappa shape index (κ2) is 3.93. The average Bonchev–Trinajstić information content (AvgIpc) is 2.94. The molecule has 0 unspecified atom stereocenters. The Balaban J connectivity index is 1.78. The smallest absolute Gasteiger partial charge is 0.0925 e. The highest BCUT2D eigenvalue weighted by Crippen LogP contribution is 2.17. The molecule has 0 aliphatic rings. The Morgan fingerprint density at radius 1 is 1.35 bits per heavy atom. The van der Waals surface area contributed by atoms with Crippen LogP contribution in [0.25, 0.3) is 10.9 Å². The van der Waals surface area contributed by atoms with Gasteiger partial charge in [0.05, 0.1) is 30.3 Å². The SMILES string of the molecule is Cc1[nH]cnc1CNc1ccc2cn[nH]c2c1. The van der Waals surface area contributed by atoms with Crippen LogP contribution in [0.15, 0.2) is 30.7 Å². The summed E-state index contributed by atoms with van der Waals surface area (Å²) in [7, 11) is 0. The lowest BCUT2D eigenvalue weighted by Gasteiger charge is -2.05. The van der Waals surface area contributed by atoms with Crippen LogP contribution < -0.4 is 5.32 Å². The number of imidazole rings is 1. The third-order valence-corrected chi connectivity index (χ3v) is 2.84. The third-order valence-electron chi connectivity index (χ3n) is 2.84. The Labute approximate surface area is 98.3 Å². The number of anilines is 1. The lowest BCUT2D eigenvalue weighted by Crippen LogP contribution is -2.01. The van der Waals surface area contributed by atoms with Crippen LogP contribution in [0.2, 0.25) is 0 Å². The van der Waals surface area contributed by atoms with Gasteiger partial charge in [-0.1, -0.05) is 0 Å². The molecule has 0 amide bonds. The van der Waals surface area contributed by atoms with Gasteiger partial charge in [-0.2, -0.15) is 5.10 Å². The molecule has 2 aromatic heterocycles. The summed E-state index contributed by atoms with van der Waals surface area (Å²) in [4.78, 5) is 7.31. The van der Waals surface area contributed by atoms with E-state index in [-0.39, 0.29) is 0 Å². The number of aromatic amines is 2. The maximum atomic E-state index is 4.24. The molecule has 0 saturated carbocycles. The van der Waals surface area contributed by atoms with Crippen LogP contribution in [0.4, 0.5) is 5.69 Å². The van der Waals surface area contributed by atoms with Crippen LogP contribution in [-0.4, -0.2) is 20.2 Å². The van der Waals surface area contributed by atoms with Gasteiger partial charge >= 0.3 is 0 Å². The van der Waals surface area contributed by atoms with E-state index in [2.05, 4.69) is 25.5 Å². The normalized spacial score (nSPS) is 10.9. The van der Waals surface area contributed by atoms with Gasteiger partial charge in [0.2, 0.25) is 0 Å². The molecule has 0 saturated heterocycles. The minimum atomic E-state index is 0.717. The van der Waals surface area contributed by atoms with Crippen molar-refractivity contribution in [3.8, 4) is 0 Å². The van der Waals surface area contributed by atoms with E-state index in [1.807, 2.05) is 31.3 Å². The number of aryl methyl sites for hydroxylation is 1. The van der Waals surface area contributed by atoms with E-state index in [4.69, 9.17) is 0 Å². The minimum absolute atomic E-state index is 0.717. The van der Waals surface area contributed by atoms with Crippen molar-refractivity contribution < 1.29 is 0 Å². The zero-order valence-electron chi connectivity index (χ0n) is 9.49. The number of fused-ring (bicyclic) bond motifs is 1. The maximum absolute atomic E-state index is 4.24. The highest BCUT2D eigenvalue weighted by molar-refractivity contribution is 5.81. The first-order valence-electron chi connectivity index (χ1n) is 5.49. The van der Waals surface area contributed by atoms with Gasteiger partial charge in [0, 0.05) is 16.8 Å². The van der Waals surface area contributed by atoms with Gasteiger partial charge in [-0.3, -0.25) is 5.10 Å². The van der Waals surface area contributed by atoms with Gasteiger partial charge in [-0.15, -0.1) is 0 Å². The predicted octanol–water partition coefficient (Wildman–Crippen LogP) is 2.21. The van der Waals surface area contributed by atoms with E-state index in [0.717, 1.165) is 34.5 Å². The molecule has 3 rings (SSSR count). The number of benzene rings is 1. The monoisotopic (exact) mass is 227 g/mol. The molecule has 0 aliphatic carbocycles. The Kier molecular flexibility index (Phi) is 2.29. The summed E-state index contributed by atoms with van der Waals surface area (Å²) in [5, 5.41) is 11.4. The molecule has 5 nitrogen and oxygen atoms in total. The van der Waals surface area contributed by atoms with Crippen molar-refractivity contribution in [1.29, 1.82) is 0 Å². The third kappa shape index (κ3) is 1.87. The van der Waals surface area contributed by atoms with Crippen LogP contribution >= 0.6 is 0 Å². The topological polar surface area (TPSA) is 69.4 Å². The van der Waals surface area contributed by atoms with Crippen LogP contribution in [-0.2, 0) is 6.54 Å². The van der Waals surface area contributed by atoms with Gasteiger partial charge in [-0.25, -0.2) is 4.98 Å². The first-order valence-corrected chi connectivity index (χ1v) is 5.49. The highest BCUT2D eigenvalue weighted by Gasteiger charge is 2.01. The van der Waals surface area contributed by atoms with E-state index >= 15 is 0 Å². The molecule has 2 heterocycles. The summed E-state index contributed by atoms with van der Waals surface area (Å²) in [5.74, 6) is 0. The molecule has 0 radical (unpaired) electrons. The Morgan fingerprint density at radius 3 is 3.12 bits per heavy atom. The fraction of sp³-hybridized carbons (Fsp3) is 0.167. The van der Waals surface area contributed by atoms with Gasteiger partial charge in [0.15, 0.2) is 0 Å². The molecular weight excluding hydrogens is 214 g/mol. The molecule has 17 heavy (non-hydrogen) atoms. The number of hydrogen-bond acceptors (Lipinski definition) is 3. The Morgan fingerprint density at radius 2 is 2.29 bits per heavy atom. The van der Waals surface area contributed by atoms with Crippen molar-refractivity contribution in [1.82, 2.24) is 20.2 Å². The zero-order chi connectivity index (χ0) is 11.7. The molecule has 0 spiro atoms. The fourth-order valence-electron chi connectivity index (χ4n) is 1.80. The molecule has 3 N–H and O–H groups in total. The number of nitrogens with one attached hydrogen (secondary N) is 3. The molecule has 0 fully saturated rings. The molecule has 0 bridgehead atoms. The van der Waals surface area contributed by atoms with E-state index < -0.39 is 0 Å². The molecule has 0 atom stereocenters. The maximum Gasteiger partial charge on any atom is 0.0925 e. The summed E-state index contributed by atoms with van der Waals surface area (Å²) in [6, 6.07) is 6.13. The summed E-state index contributed by atoms with van der Waals surface area (Å²) in [6.45, 7) is 2.73. The largest absolute Gasteiger partial charge is 0.379 e. The first-order chi connectivity index (χ1) is 8.33. The van der Waals surface area contributed by atoms with Gasteiger partial charge in [0.1, 0.15) is 0 Å². The van der Waals surface area contributed by atoms with Crippen LogP contribution in [0.1, 0.15) is 11.4 Å². The van der Waals surface area contributed by atoms with Crippen LogP contribution in [0, 0.1) is 6.92 Å². The van der Waals surface area contributed by atoms with Gasteiger partial charge in [0.25, 0.3) is 0 Å². The van der Waals surface area contributed by atoms with E-state index in [1.165, 1.54) is 0 Å². The first kappa shape index (κ1) is 9.89. The van der Waals surface area contributed by atoms with Crippen molar-refractivity contribution in [2.75, 3.05) is 5.32 Å². The van der Waals surface area contributed by atoms with E-state index in [0.29, 0.717) is 0 Å². The van der Waals surface area contributed by atoms with Crippen molar-refractivity contribution in [2.24, 2.45) is 0 Å². The molecule has 0 aliphatic heterocycles. The minimum Gasteiger partial charge on any atom is -0.379 e. The Bertz CT molecular complexity index is 637. The lowest BCUT2D eigenvalue weighted by molar-refractivity contribution is 1.05. The summed E-state index contributed by atoms with van der Waals surface area (Å²) in [6.07, 6.45) is 3.53. The fourth-order valence-corrected chi connectivity index (χ4v) is 1.80. The second-order valence-electron chi connectivity index (χ2n) is 4.00. The van der Waals surface area contributed by atoms with Crippen LogP contribution in [0.5, 0.6) is 0 Å². The van der Waals surface area contributed by atoms with Crippen LogP contribution in [0.3, 0.4) is 0 Å². The van der Waals surface area contributed by atoms with Crippen molar-refractivity contribution in [2.45, 2.75) is 13.5 Å². The number of hydrogen-bond donors (Lipinski definition) is 3. The van der Waals surface area contributed by atoms with E-state index in [9.17, 15) is 0 Å². The molecule has 3 aromatic rings. The average molecular weight is 227 g/mol. The summed E-state index contributed by atoms with van der Waals surface area (Å²) < 4.78 is 0. The van der Waals surface area contributed by atoms with Gasteiger partial charge < -0.3 is 10.3 Å². The van der Waals surface area contributed by atoms with Gasteiger partial charge in [-0.05, 0) is 25.1 Å². The molecule has 1 aromatic carbocycles. The van der Waals surface area contributed by atoms with Crippen molar-refractivity contribution >= 4 is 16.6 Å². The number of aromatic nitrogens is 4. The summed E-state index contributed by atoms with van der Waals surface area (Å²) in [5.41, 5.74) is 4.23. The second-order valence-corrected chi connectivity index (χ2v) is 4.00. The zero-order valence-corrected chi connectivity index (χ0v) is 9.49. The van der Waals surface area contributed by atoms with Crippen molar-refractivity contribution in [3.05, 3.63) is 42.1 Å². The lowest BCUT2D eigenvalue weighted by atomic mass is 10.2.